The second-order valence-corrected chi connectivity index (χ2v) is 7.90. The summed E-state index contributed by atoms with van der Waals surface area (Å²) >= 11 is 6.84. The predicted octanol–water partition coefficient (Wildman–Crippen LogP) is 2.89. The minimum absolute atomic E-state index is 0.0896. The highest BCUT2D eigenvalue weighted by Crippen LogP contribution is 2.32. The Bertz CT molecular complexity index is 1010. The van der Waals surface area contributed by atoms with E-state index in [0.717, 1.165) is 27.8 Å². The molecule has 4 rings (SSSR count). The van der Waals surface area contributed by atoms with Gasteiger partial charge in [-0.3, -0.25) is 24.3 Å². The van der Waals surface area contributed by atoms with Crippen molar-refractivity contribution in [2.45, 2.75) is 12.5 Å². The molecule has 2 aliphatic heterocycles. The number of nitrogens with one attached hydrogen (secondary N) is 1. The zero-order valence-corrected chi connectivity index (χ0v) is 16.7. The summed E-state index contributed by atoms with van der Waals surface area (Å²) in [6, 6.07) is 8.77. The maximum Gasteiger partial charge on any atom is 0.293 e. The van der Waals surface area contributed by atoms with Crippen molar-refractivity contribution in [1.29, 1.82) is 0 Å². The van der Waals surface area contributed by atoms with Crippen molar-refractivity contribution in [1.82, 2.24) is 15.2 Å². The van der Waals surface area contributed by atoms with Gasteiger partial charge in [-0.2, -0.15) is 0 Å². The lowest BCUT2D eigenvalue weighted by molar-refractivity contribution is -0.128. The molecule has 0 spiro atoms. The highest BCUT2D eigenvalue weighted by Gasteiger charge is 2.35. The third kappa shape index (κ3) is 4.28. The number of rotatable bonds is 5. The summed E-state index contributed by atoms with van der Waals surface area (Å²) in [6.07, 6.45) is 4.65. The van der Waals surface area contributed by atoms with Crippen molar-refractivity contribution in [2.24, 2.45) is 0 Å². The van der Waals surface area contributed by atoms with Crippen LogP contribution in [0.4, 0.5) is 4.79 Å². The van der Waals surface area contributed by atoms with Gasteiger partial charge in [0, 0.05) is 36.9 Å². The Kier molecular flexibility index (Phi) is 5.55. The molecule has 3 heterocycles. The van der Waals surface area contributed by atoms with Gasteiger partial charge in [0.05, 0.1) is 4.91 Å². The van der Waals surface area contributed by atoms with Crippen LogP contribution < -0.4 is 10.1 Å². The molecule has 1 aromatic heterocycles. The van der Waals surface area contributed by atoms with E-state index in [0.29, 0.717) is 22.1 Å². The minimum atomic E-state index is -0.649. The van der Waals surface area contributed by atoms with E-state index in [1.807, 2.05) is 0 Å². The number of fused-ring (bicyclic) bond motifs is 1. The molecule has 0 aliphatic carbocycles. The molecule has 7 nitrogen and oxygen atoms in total. The van der Waals surface area contributed by atoms with Crippen LogP contribution in [0.1, 0.15) is 11.1 Å². The molecule has 0 bridgehead atoms. The Hall–Kier alpha value is -2.84. The number of pyridine rings is 1. The molecule has 29 heavy (non-hydrogen) atoms. The standard InChI is InChI=1S/C20H16ClN3O4S/c21-14-3-4-15-13(9-14)10-16(28-15)18(25)23-6-7-24-19(26)17(29-20(24)27)8-12-2-1-5-22-11-12/h1-5,8-9,11,16H,6-7,10H2,(H,23,25). The van der Waals surface area contributed by atoms with Crippen LogP contribution in [0, 0.1) is 0 Å². The van der Waals surface area contributed by atoms with Gasteiger partial charge in [0.2, 0.25) is 0 Å². The fourth-order valence-corrected chi connectivity index (χ4v) is 4.13. The van der Waals surface area contributed by atoms with Crippen LogP contribution in [0.2, 0.25) is 5.02 Å². The topological polar surface area (TPSA) is 88.6 Å². The largest absolute Gasteiger partial charge is 0.480 e. The predicted molar refractivity (Wildman–Crippen MR) is 109 cm³/mol. The number of hydrogen-bond donors (Lipinski definition) is 1. The fourth-order valence-electron chi connectivity index (χ4n) is 3.07. The van der Waals surface area contributed by atoms with Gasteiger partial charge >= 0.3 is 0 Å². The van der Waals surface area contributed by atoms with Crippen molar-refractivity contribution < 1.29 is 19.1 Å². The molecule has 1 fully saturated rings. The molecule has 2 aliphatic rings. The molecule has 1 N–H and O–H groups in total. The van der Waals surface area contributed by atoms with Crippen molar-refractivity contribution in [2.75, 3.05) is 13.1 Å². The van der Waals surface area contributed by atoms with Gasteiger partial charge in [-0.1, -0.05) is 17.7 Å². The third-order valence-corrected chi connectivity index (χ3v) is 5.62. The van der Waals surface area contributed by atoms with Crippen molar-refractivity contribution in [3.63, 3.8) is 0 Å². The summed E-state index contributed by atoms with van der Waals surface area (Å²) < 4.78 is 5.63. The highest BCUT2D eigenvalue weighted by molar-refractivity contribution is 8.18. The average molecular weight is 430 g/mol. The van der Waals surface area contributed by atoms with E-state index in [1.54, 1.807) is 48.8 Å². The number of amides is 3. The SMILES string of the molecule is O=C(NCCN1C(=O)SC(=Cc2cccnc2)C1=O)C1Cc2cc(Cl)ccc2O1. The molecule has 1 unspecified atom stereocenters. The van der Waals surface area contributed by atoms with E-state index in [9.17, 15) is 14.4 Å². The fraction of sp³-hybridized carbons (Fsp3) is 0.200. The van der Waals surface area contributed by atoms with Gasteiger partial charge in [0.15, 0.2) is 6.10 Å². The summed E-state index contributed by atoms with van der Waals surface area (Å²) in [4.78, 5) is 42.4. The maximum atomic E-state index is 12.5. The number of aromatic nitrogens is 1. The first-order chi connectivity index (χ1) is 14.0. The van der Waals surface area contributed by atoms with Gasteiger partial charge < -0.3 is 10.1 Å². The van der Waals surface area contributed by atoms with E-state index in [4.69, 9.17) is 16.3 Å². The first-order valence-electron chi connectivity index (χ1n) is 8.89. The van der Waals surface area contributed by atoms with Crippen LogP contribution in [0.15, 0.2) is 47.6 Å². The van der Waals surface area contributed by atoms with Crippen LogP contribution in [-0.4, -0.2) is 46.1 Å². The molecule has 0 radical (unpaired) electrons. The number of carbonyl (C=O) groups excluding carboxylic acids is 3. The Morgan fingerprint density at radius 3 is 3.03 bits per heavy atom. The van der Waals surface area contributed by atoms with Crippen LogP contribution in [0.25, 0.3) is 6.08 Å². The zero-order chi connectivity index (χ0) is 20.4. The van der Waals surface area contributed by atoms with Gasteiger partial charge in [-0.25, -0.2) is 0 Å². The second kappa shape index (κ2) is 8.26. The number of imide groups is 1. The van der Waals surface area contributed by atoms with Gasteiger partial charge in [0.25, 0.3) is 17.1 Å². The number of thioether (sulfide) groups is 1. The first-order valence-corrected chi connectivity index (χ1v) is 10.1. The molecule has 3 amide bonds. The summed E-state index contributed by atoms with van der Waals surface area (Å²) in [5.74, 6) is -0.0338. The number of nitrogens with zero attached hydrogens (tertiary/aromatic N) is 2. The smallest absolute Gasteiger partial charge is 0.293 e. The number of carbonyl (C=O) groups is 3. The van der Waals surface area contributed by atoms with Gasteiger partial charge in [-0.05, 0) is 53.2 Å². The van der Waals surface area contributed by atoms with Crippen molar-refractivity contribution in [3.8, 4) is 5.75 Å². The Morgan fingerprint density at radius 1 is 1.38 bits per heavy atom. The summed E-state index contributed by atoms with van der Waals surface area (Å²) in [6.45, 7) is 0.236. The molecule has 9 heteroatoms. The number of ether oxygens (including phenoxy) is 1. The lowest BCUT2D eigenvalue weighted by Crippen LogP contribution is -2.42. The third-order valence-electron chi connectivity index (χ3n) is 4.48. The molecule has 2 aromatic rings. The van der Waals surface area contributed by atoms with Crippen LogP contribution in [0.3, 0.4) is 0 Å². The monoisotopic (exact) mass is 429 g/mol. The van der Waals surface area contributed by atoms with Crippen LogP contribution >= 0.6 is 23.4 Å². The second-order valence-electron chi connectivity index (χ2n) is 6.47. The highest BCUT2D eigenvalue weighted by atomic mass is 35.5. The molecular weight excluding hydrogens is 414 g/mol. The maximum absolute atomic E-state index is 12.5. The van der Waals surface area contributed by atoms with E-state index in [1.165, 1.54) is 0 Å². The lowest BCUT2D eigenvalue weighted by Gasteiger charge is -2.15. The quantitative estimate of drug-likeness (QED) is 0.735. The number of halogens is 1. The molecule has 1 aromatic carbocycles. The molecular formula is C20H16ClN3O4S. The molecule has 148 valence electrons. The number of benzene rings is 1. The summed E-state index contributed by atoms with van der Waals surface area (Å²) in [5.41, 5.74) is 1.62. The Morgan fingerprint density at radius 2 is 2.24 bits per heavy atom. The minimum Gasteiger partial charge on any atom is -0.480 e. The van der Waals surface area contributed by atoms with Crippen molar-refractivity contribution >= 4 is 46.5 Å². The van der Waals surface area contributed by atoms with Crippen molar-refractivity contribution in [3.05, 3.63) is 63.8 Å². The van der Waals surface area contributed by atoms with Crippen LogP contribution in [0.5, 0.6) is 5.75 Å². The summed E-state index contributed by atoms with van der Waals surface area (Å²) in [5, 5.41) is 2.95. The van der Waals surface area contributed by atoms with E-state index < -0.39 is 6.10 Å². The average Bonchev–Trinajstić information content (AvgIpc) is 3.24. The van der Waals surface area contributed by atoms with Gasteiger partial charge in [-0.15, -0.1) is 0 Å². The zero-order valence-electron chi connectivity index (χ0n) is 15.1. The Labute approximate surface area is 176 Å². The lowest BCUT2D eigenvalue weighted by atomic mass is 10.1. The molecule has 1 atom stereocenters. The van der Waals surface area contributed by atoms with Gasteiger partial charge in [0.1, 0.15) is 5.75 Å². The van der Waals surface area contributed by atoms with E-state index in [-0.39, 0.29) is 30.1 Å². The van der Waals surface area contributed by atoms with Crippen LogP contribution in [-0.2, 0) is 16.0 Å². The summed E-state index contributed by atoms with van der Waals surface area (Å²) in [7, 11) is 0. The first kappa shape index (κ1) is 19.5. The Balaban J connectivity index is 1.30. The molecule has 1 saturated heterocycles. The van der Waals surface area contributed by atoms with E-state index >= 15 is 0 Å². The van der Waals surface area contributed by atoms with E-state index in [2.05, 4.69) is 10.3 Å². The number of hydrogen-bond acceptors (Lipinski definition) is 6. The normalized spacial score (nSPS) is 19.4. The molecule has 0 saturated carbocycles.